The molecule has 0 unspecified atom stereocenters. The van der Waals surface area contributed by atoms with Gasteiger partial charge in [0.2, 0.25) is 0 Å². The molecule has 3 N–H and O–H groups in total. The van der Waals surface area contributed by atoms with Crippen molar-refractivity contribution in [2.75, 3.05) is 19.5 Å². The SMILES string of the molecule is CSCc1ccc(C(=O)NC(C)(CO)CO)o1. The Morgan fingerprint density at radius 2 is 2.12 bits per heavy atom. The third-order valence-corrected chi connectivity index (χ3v) is 2.86. The van der Waals surface area contributed by atoms with Crippen molar-refractivity contribution in [2.45, 2.75) is 18.2 Å². The van der Waals surface area contributed by atoms with Gasteiger partial charge in [-0.1, -0.05) is 0 Å². The molecule has 1 aromatic heterocycles. The highest BCUT2D eigenvalue weighted by atomic mass is 32.2. The van der Waals surface area contributed by atoms with E-state index in [-0.39, 0.29) is 19.0 Å². The van der Waals surface area contributed by atoms with Gasteiger partial charge in [-0.25, -0.2) is 0 Å². The van der Waals surface area contributed by atoms with Crippen molar-refractivity contribution in [1.82, 2.24) is 5.32 Å². The van der Waals surface area contributed by atoms with Gasteiger partial charge in [0.1, 0.15) is 5.76 Å². The number of aliphatic hydroxyl groups is 2. The van der Waals surface area contributed by atoms with Gasteiger partial charge in [0, 0.05) is 0 Å². The van der Waals surface area contributed by atoms with Crippen molar-refractivity contribution in [2.24, 2.45) is 0 Å². The number of rotatable bonds is 6. The first-order valence-corrected chi connectivity index (χ1v) is 6.56. The highest BCUT2D eigenvalue weighted by Gasteiger charge is 2.26. The molecule has 1 amide bonds. The zero-order chi connectivity index (χ0) is 12.9. The monoisotopic (exact) mass is 259 g/mol. The van der Waals surface area contributed by atoms with Gasteiger partial charge in [0.05, 0.1) is 24.5 Å². The van der Waals surface area contributed by atoms with Crippen LogP contribution in [0.15, 0.2) is 16.5 Å². The molecule has 1 aromatic rings. The summed E-state index contributed by atoms with van der Waals surface area (Å²) < 4.78 is 5.32. The lowest BCUT2D eigenvalue weighted by Crippen LogP contribution is -2.51. The molecule has 0 saturated heterocycles. The molecule has 0 aromatic carbocycles. The summed E-state index contributed by atoms with van der Waals surface area (Å²) in [6.07, 6.45) is 1.94. The predicted octanol–water partition coefficient (Wildman–Crippen LogP) is 0.616. The average Bonchev–Trinajstić information content (AvgIpc) is 2.78. The highest BCUT2D eigenvalue weighted by molar-refractivity contribution is 7.97. The first kappa shape index (κ1) is 14.1. The lowest BCUT2D eigenvalue weighted by atomic mass is 10.1. The Bertz CT molecular complexity index is 373. The van der Waals surface area contributed by atoms with Gasteiger partial charge < -0.3 is 19.9 Å². The molecule has 1 rings (SSSR count). The summed E-state index contributed by atoms with van der Waals surface area (Å²) in [4.78, 5) is 11.8. The second kappa shape index (κ2) is 6.09. The van der Waals surface area contributed by atoms with E-state index in [4.69, 9.17) is 14.6 Å². The zero-order valence-corrected chi connectivity index (χ0v) is 10.7. The molecule has 0 spiro atoms. The Hall–Kier alpha value is -0.980. The normalized spacial score (nSPS) is 11.5. The van der Waals surface area contributed by atoms with E-state index < -0.39 is 11.4 Å². The Labute approximate surface area is 104 Å². The molecule has 0 aliphatic heterocycles. The highest BCUT2D eigenvalue weighted by Crippen LogP contribution is 2.14. The molecule has 17 heavy (non-hydrogen) atoms. The quantitative estimate of drug-likeness (QED) is 0.697. The number of furan rings is 1. The Morgan fingerprint density at radius 1 is 1.47 bits per heavy atom. The largest absolute Gasteiger partial charge is 0.455 e. The summed E-state index contributed by atoms with van der Waals surface area (Å²) in [7, 11) is 0. The summed E-state index contributed by atoms with van der Waals surface area (Å²) in [5.41, 5.74) is -1.04. The van der Waals surface area contributed by atoms with E-state index in [1.54, 1.807) is 30.8 Å². The van der Waals surface area contributed by atoms with Crippen LogP contribution in [0.4, 0.5) is 0 Å². The lowest BCUT2D eigenvalue weighted by molar-refractivity contribution is 0.0699. The van der Waals surface area contributed by atoms with E-state index in [9.17, 15) is 4.79 Å². The van der Waals surface area contributed by atoms with Gasteiger partial charge in [-0.05, 0) is 25.3 Å². The maximum absolute atomic E-state index is 11.8. The van der Waals surface area contributed by atoms with Gasteiger partial charge in [-0.15, -0.1) is 0 Å². The second-order valence-electron chi connectivity index (χ2n) is 4.03. The minimum Gasteiger partial charge on any atom is -0.455 e. The molecule has 96 valence electrons. The fraction of sp³-hybridized carbons (Fsp3) is 0.545. The molecule has 0 aliphatic carbocycles. The first-order valence-electron chi connectivity index (χ1n) is 5.16. The van der Waals surface area contributed by atoms with Gasteiger partial charge >= 0.3 is 0 Å². The summed E-state index contributed by atoms with van der Waals surface area (Å²) in [6.45, 7) is 0.873. The number of carbonyl (C=O) groups excluding carboxylic acids is 1. The Morgan fingerprint density at radius 3 is 2.65 bits per heavy atom. The van der Waals surface area contributed by atoms with Gasteiger partial charge in [-0.2, -0.15) is 11.8 Å². The number of nitrogens with one attached hydrogen (secondary N) is 1. The van der Waals surface area contributed by atoms with Crippen LogP contribution >= 0.6 is 11.8 Å². The third-order valence-electron chi connectivity index (χ3n) is 2.29. The van der Waals surface area contributed by atoms with E-state index in [1.165, 1.54) is 0 Å². The van der Waals surface area contributed by atoms with Crippen LogP contribution in [0.1, 0.15) is 23.2 Å². The second-order valence-corrected chi connectivity index (χ2v) is 4.90. The Kier molecular flexibility index (Phi) is 5.04. The van der Waals surface area contributed by atoms with Crippen molar-refractivity contribution in [1.29, 1.82) is 0 Å². The van der Waals surface area contributed by atoms with Crippen LogP contribution < -0.4 is 5.32 Å². The number of amides is 1. The number of aliphatic hydroxyl groups excluding tert-OH is 2. The van der Waals surface area contributed by atoms with Crippen molar-refractivity contribution < 1.29 is 19.4 Å². The number of carbonyl (C=O) groups is 1. The van der Waals surface area contributed by atoms with Crippen molar-refractivity contribution >= 4 is 17.7 Å². The Balaban J connectivity index is 2.69. The third kappa shape index (κ3) is 3.76. The van der Waals surface area contributed by atoms with Crippen LogP contribution in [0.25, 0.3) is 0 Å². The van der Waals surface area contributed by atoms with Crippen LogP contribution in [0.2, 0.25) is 0 Å². The molecule has 0 saturated carbocycles. The van der Waals surface area contributed by atoms with E-state index in [0.29, 0.717) is 5.75 Å². The van der Waals surface area contributed by atoms with E-state index in [2.05, 4.69) is 5.32 Å². The minimum atomic E-state index is -1.04. The molecule has 0 fully saturated rings. The average molecular weight is 259 g/mol. The first-order chi connectivity index (χ1) is 8.04. The van der Waals surface area contributed by atoms with Crippen LogP contribution in [-0.2, 0) is 5.75 Å². The smallest absolute Gasteiger partial charge is 0.287 e. The molecule has 0 aliphatic rings. The van der Waals surface area contributed by atoms with Crippen molar-refractivity contribution in [3.8, 4) is 0 Å². The summed E-state index contributed by atoms with van der Waals surface area (Å²) in [6, 6.07) is 3.32. The molecule has 0 radical (unpaired) electrons. The molecular formula is C11H17NO4S. The van der Waals surface area contributed by atoms with Gasteiger partial charge in [0.25, 0.3) is 5.91 Å². The minimum absolute atomic E-state index is 0.183. The summed E-state index contributed by atoms with van der Waals surface area (Å²) >= 11 is 1.60. The molecule has 1 heterocycles. The lowest BCUT2D eigenvalue weighted by Gasteiger charge is -2.25. The van der Waals surface area contributed by atoms with Crippen molar-refractivity contribution in [3.63, 3.8) is 0 Å². The molecule has 0 atom stereocenters. The topological polar surface area (TPSA) is 82.7 Å². The van der Waals surface area contributed by atoms with E-state index in [0.717, 1.165) is 5.76 Å². The van der Waals surface area contributed by atoms with E-state index in [1.807, 2.05) is 6.26 Å². The summed E-state index contributed by atoms with van der Waals surface area (Å²) in [5.74, 6) is 1.16. The van der Waals surface area contributed by atoms with Crippen LogP contribution in [-0.4, -0.2) is 41.1 Å². The molecule has 6 heteroatoms. The maximum Gasteiger partial charge on any atom is 0.287 e. The van der Waals surface area contributed by atoms with Crippen LogP contribution in [0.3, 0.4) is 0 Å². The number of hydrogen-bond donors (Lipinski definition) is 3. The van der Waals surface area contributed by atoms with Crippen LogP contribution in [0.5, 0.6) is 0 Å². The maximum atomic E-state index is 11.8. The number of hydrogen-bond acceptors (Lipinski definition) is 5. The fourth-order valence-electron chi connectivity index (χ4n) is 1.18. The molecule has 5 nitrogen and oxygen atoms in total. The van der Waals surface area contributed by atoms with Crippen molar-refractivity contribution in [3.05, 3.63) is 23.7 Å². The van der Waals surface area contributed by atoms with Gasteiger partial charge in [0.15, 0.2) is 5.76 Å². The fourth-order valence-corrected chi connectivity index (χ4v) is 1.62. The molecular weight excluding hydrogens is 242 g/mol. The number of thioether (sulfide) groups is 1. The van der Waals surface area contributed by atoms with E-state index >= 15 is 0 Å². The summed E-state index contributed by atoms with van der Waals surface area (Å²) in [5, 5.41) is 20.6. The zero-order valence-electron chi connectivity index (χ0n) is 9.90. The van der Waals surface area contributed by atoms with Crippen LogP contribution in [0, 0.1) is 0 Å². The van der Waals surface area contributed by atoms with Gasteiger partial charge in [-0.3, -0.25) is 4.79 Å². The predicted molar refractivity (Wildman–Crippen MR) is 66.0 cm³/mol. The molecule has 0 bridgehead atoms. The standard InChI is InChI=1S/C11H17NO4S/c1-11(6-13,7-14)12-10(15)9-4-3-8(16-9)5-17-2/h3-4,13-14H,5-7H2,1-2H3,(H,12,15).